The van der Waals surface area contributed by atoms with Crippen LogP contribution in [0.15, 0.2) is 0 Å². The van der Waals surface area contributed by atoms with Gasteiger partial charge in [0, 0.05) is 7.11 Å². The molecule has 0 aromatic carbocycles. The van der Waals surface area contributed by atoms with Crippen LogP contribution < -0.4 is 5.73 Å². The monoisotopic (exact) mass is 266 g/mol. The Morgan fingerprint density at radius 3 is 2.39 bits per heavy atom. The highest BCUT2D eigenvalue weighted by atomic mass is 19.4. The number of alkyl halides is 3. The van der Waals surface area contributed by atoms with Crippen molar-refractivity contribution in [3.05, 3.63) is 11.4 Å². The van der Waals surface area contributed by atoms with E-state index in [1.54, 1.807) is 0 Å². The maximum Gasteiger partial charge on any atom is 0.410 e. The molecule has 18 heavy (non-hydrogen) atoms. The number of methoxy groups -OCH3 is 1. The molecular weight excluding hydrogens is 253 g/mol. The largest absolute Gasteiger partial charge is 0.410 e. The fourth-order valence-electron chi connectivity index (χ4n) is 1.39. The van der Waals surface area contributed by atoms with Gasteiger partial charge in [-0.25, -0.2) is 4.68 Å². The van der Waals surface area contributed by atoms with Crippen LogP contribution in [0.3, 0.4) is 0 Å². The van der Waals surface area contributed by atoms with Crippen molar-refractivity contribution in [3.63, 3.8) is 0 Å². The van der Waals surface area contributed by atoms with Crippen molar-refractivity contribution in [1.29, 1.82) is 0 Å². The molecule has 0 bridgehead atoms. The molecule has 0 fully saturated rings. The van der Waals surface area contributed by atoms with Crippen LogP contribution in [0.4, 0.5) is 13.2 Å². The molecule has 0 radical (unpaired) electrons. The second-order valence-corrected chi connectivity index (χ2v) is 3.73. The first kappa shape index (κ1) is 14.4. The van der Waals surface area contributed by atoms with E-state index in [4.69, 9.17) is 10.5 Å². The molecule has 1 aromatic rings. The highest BCUT2D eigenvalue weighted by Gasteiger charge is 2.41. The van der Waals surface area contributed by atoms with Crippen LogP contribution in [0.2, 0.25) is 0 Å². The van der Waals surface area contributed by atoms with Gasteiger partial charge in [0.15, 0.2) is 5.69 Å². The summed E-state index contributed by atoms with van der Waals surface area (Å²) >= 11 is 0. The van der Waals surface area contributed by atoms with Crippen molar-refractivity contribution in [1.82, 2.24) is 15.0 Å². The lowest BCUT2D eigenvalue weighted by Crippen LogP contribution is -2.27. The van der Waals surface area contributed by atoms with Gasteiger partial charge in [-0.2, -0.15) is 13.2 Å². The number of rotatable bonds is 4. The molecule has 1 rings (SSSR count). The van der Waals surface area contributed by atoms with Crippen LogP contribution >= 0.6 is 0 Å². The molecule has 1 amide bonds. The smallest absolute Gasteiger partial charge is 0.375 e. The first-order valence-corrected chi connectivity index (χ1v) is 5.04. The number of nitrogens with zero attached hydrogens (tertiary/aromatic N) is 3. The number of halogens is 3. The SMILES string of the molecule is COC(C)c1c(C(N)=O)nnn1C(C)C(F)(F)F. The van der Waals surface area contributed by atoms with E-state index >= 15 is 0 Å². The van der Waals surface area contributed by atoms with Crippen LogP contribution in [-0.4, -0.2) is 34.2 Å². The van der Waals surface area contributed by atoms with Crippen molar-refractivity contribution in [2.75, 3.05) is 7.11 Å². The summed E-state index contributed by atoms with van der Waals surface area (Å²) in [5.74, 6) is -0.950. The predicted molar refractivity (Wildman–Crippen MR) is 54.7 cm³/mol. The van der Waals surface area contributed by atoms with Gasteiger partial charge >= 0.3 is 6.18 Å². The van der Waals surface area contributed by atoms with E-state index in [1.165, 1.54) is 14.0 Å². The highest BCUT2D eigenvalue weighted by molar-refractivity contribution is 5.91. The number of carbonyl (C=O) groups excluding carboxylic acids is 1. The van der Waals surface area contributed by atoms with E-state index in [-0.39, 0.29) is 11.4 Å². The highest BCUT2D eigenvalue weighted by Crippen LogP contribution is 2.32. The summed E-state index contributed by atoms with van der Waals surface area (Å²) in [6.45, 7) is 2.38. The van der Waals surface area contributed by atoms with Gasteiger partial charge in [-0.05, 0) is 13.8 Å². The Morgan fingerprint density at radius 2 is 2.00 bits per heavy atom. The average molecular weight is 266 g/mol. The van der Waals surface area contributed by atoms with Crippen LogP contribution in [-0.2, 0) is 4.74 Å². The van der Waals surface area contributed by atoms with Gasteiger partial charge in [0.1, 0.15) is 11.7 Å². The van der Waals surface area contributed by atoms with Gasteiger partial charge in [-0.15, -0.1) is 5.10 Å². The van der Waals surface area contributed by atoms with E-state index < -0.39 is 24.2 Å². The molecule has 0 aliphatic carbocycles. The number of nitrogens with two attached hydrogens (primary N) is 1. The molecule has 0 aliphatic heterocycles. The van der Waals surface area contributed by atoms with Crippen molar-refractivity contribution in [2.24, 2.45) is 5.73 Å². The minimum atomic E-state index is -4.51. The van der Waals surface area contributed by atoms with Crippen molar-refractivity contribution in [2.45, 2.75) is 32.2 Å². The Balaban J connectivity index is 3.33. The number of primary amides is 1. The van der Waals surface area contributed by atoms with Crippen LogP contribution in [0.25, 0.3) is 0 Å². The topological polar surface area (TPSA) is 83.0 Å². The number of aromatic nitrogens is 3. The molecule has 1 heterocycles. The molecule has 2 N–H and O–H groups in total. The third kappa shape index (κ3) is 2.61. The van der Waals surface area contributed by atoms with Gasteiger partial charge in [-0.3, -0.25) is 4.79 Å². The minimum Gasteiger partial charge on any atom is -0.375 e. The number of ether oxygens (including phenoxy) is 1. The normalized spacial score (nSPS) is 15.4. The molecular formula is C9H13F3N4O2. The summed E-state index contributed by atoms with van der Waals surface area (Å²) in [4.78, 5) is 11.1. The maximum absolute atomic E-state index is 12.6. The van der Waals surface area contributed by atoms with Crippen molar-refractivity contribution >= 4 is 5.91 Å². The Labute approximate surface area is 101 Å². The van der Waals surface area contributed by atoms with E-state index in [9.17, 15) is 18.0 Å². The van der Waals surface area contributed by atoms with E-state index in [0.29, 0.717) is 4.68 Å². The molecule has 2 unspecified atom stereocenters. The van der Waals surface area contributed by atoms with E-state index in [0.717, 1.165) is 6.92 Å². The number of hydrogen-bond acceptors (Lipinski definition) is 4. The number of carbonyl (C=O) groups is 1. The fourth-order valence-corrected chi connectivity index (χ4v) is 1.39. The van der Waals surface area contributed by atoms with Gasteiger partial charge in [0.2, 0.25) is 0 Å². The van der Waals surface area contributed by atoms with Crippen LogP contribution in [0.5, 0.6) is 0 Å². The Hall–Kier alpha value is -1.64. The molecule has 0 spiro atoms. The average Bonchev–Trinajstić information content (AvgIpc) is 2.69. The van der Waals surface area contributed by atoms with Gasteiger partial charge in [-0.1, -0.05) is 5.21 Å². The predicted octanol–water partition coefficient (Wildman–Crippen LogP) is 1.21. The van der Waals surface area contributed by atoms with E-state index in [1.807, 2.05) is 0 Å². The zero-order valence-corrected chi connectivity index (χ0v) is 10.0. The lowest BCUT2D eigenvalue weighted by Gasteiger charge is -2.20. The summed E-state index contributed by atoms with van der Waals surface area (Å²) in [5, 5.41) is 6.72. The summed E-state index contributed by atoms with van der Waals surface area (Å²) < 4.78 is 43.5. The van der Waals surface area contributed by atoms with E-state index in [2.05, 4.69) is 10.3 Å². The minimum absolute atomic E-state index is 0.0881. The summed E-state index contributed by atoms with van der Waals surface area (Å²) in [6, 6.07) is -1.93. The first-order valence-electron chi connectivity index (χ1n) is 5.04. The lowest BCUT2D eigenvalue weighted by atomic mass is 10.2. The standard InChI is InChI=1S/C9H13F3N4O2/c1-4(18-3)7-6(8(13)17)14-15-16(7)5(2)9(10,11)12/h4-5H,1-3H3,(H2,13,17). The summed E-state index contributed by atoms with van der Waals surface area (Å²) in [6.07, 6.45) is -5.29. The second kappa shape index (κ2) is 4.92. The molecule has 6 nitrogen and oxygen atoms in total. The molecule has 0 saturated heterocycles. The lowest BCUT2D eigenvalue weighted by molar-refractivity contribution is -0.166. The quantitative estimate of drug-likeness (QED) is 0.887. The van der Waals surface area contributed by atoms with Gasteiger partial charge in [0.05, 0.1) is 6.10 Å². The molecule has 0 saturated carbocycles. The van der Waals surface area contributed by atoms with Gasteiger partial charge < -0.3 is 10.5 Å². The van der Waals surface area contributed by atoms with Gasteiger partial charge in [0.25, 0.3) is 5.91 Å². The second-order valence-electron chi connectivity index (χ2n) is 3.73. The Bertz CT molecular complexity index is 444. The third-order valence-corrected chi connectivity index (χ3v) is 2.54. The summed E-state index contributed by atoms with van der Waals surface area (Å²) in [7, 11) is 1.30. The first-order chi connectivity index (χ1) is 8.20. The Kier molecular flexibility index (Phi) is 3.95. The maximum atomic E-state index is 12.6. The third-order valence-electron chi connectivity index (χ3n) is 2.54. The van der Waals surface area contributed by atoms with Crippen LogP contribution in [0.1, 0.15) is 42.2 Å². The van der Waals surface area contributed by atoms with Crippen LogP contribution in [0, 0.1) is 0 Å². The summed E-state index contributed by atoms with van der Waals surface area (Å²) in [5.41, 5.74) is 4.63. The zero-order chi connectivity index (χ0) is 14.1. The molecule has 0 aliphatic rings. The molecule has 1 aromatic heterocycles. The molecule has 9 heteroatoms. The van der Waals surface area contributed by atoms with Crippen molar-refractivity contribution < 1.29 is 22.7 Å². The fraction of sp³-hybridized carbons (Fsp3) is 0.667. The number of amides is 1. The van der Waals surface area contributed by atoms with Crippen molar-refractivity contribution in [3.8, 4) is 0 Å². The Morgan fingerprint density at radius 1 is 1.44 bits per heavy atom. The number of hydrogen-bond donors (Lipinski definition) is 1. The zero-order valence-electron chi connectivity index (χ0n) is 10.0. The molecule has 102 valence electrons. The molecule has 2 atom stereocenters.